The Morgan fingerprint density at radius 2 is 0.955 bits per heavy atom. The Hall–Kier alpha value is -3.56. The summed E-state index contributed by atoms with van der Waals surface area (Å²) in [5, 5.41) is 0. The third-order valence-corrected chi connectivity index (χ3v) is 9.87. The smallest absolute Gasteiger partial charge is 0.195 e. The van der Waals surface area contributed by atoms with Crippen molar-refractivity contribution in [3.8, 4) is 0 Å². The summed E-state index contributed by atoms with van der Waals surface area (Å²) in [7, 11) is 0. The molecular weight excluding hydrogens is 598 g/mol. The quantitative estimate of drug-likeness (QED) is 0.248. The van der Waals surface area contributed by atoms with Gasteiger partial charge in [0.05, 0.1) is 10.8 Å². The monoisotopic (exact) mass is 624 g/mol. The van der Waals surface area contributed by atoms with Crippen molar-refractivity contribution in [1.29, 1.82) is 0 Å². The number of hydrogen-bond acceptors (Lipinski definition) is 0. The zero-order valence-electron chi connectivity index (χ0n) is 23.4. The van der Waals surface area contributed by atoms with Crippen molar-refractivity contribution < 1.29 is 43.9 Å². The molecule has 6 rings (SSSR count). The summed E-state index contributed by atoms with van der Waals surface area (Å²) in [5.74, 6) is -11.5. The molecule has 10 heteroatoms. The molecule has 0 radical (unpaired) electrons. The molecule has 0 amide bonds. The molecule has 44 heavy (non-hydrogen) atoms. The lowest BCUT2D eigenvalue weighted by Crippen LogP contribution is -2.62. The Labute approximate surface area is 247 Å². The van der Waals surface area contributed by atoms with Crippen LogP contribution >= 0.6 is 0 Å². The van der Waals surface area contributed by atoms with Gasteiger partial charge in [0, 0.05) is 11.8 Å². The van der Waals surface area contributed by atoms with Crippen LogP contribution in [0.25, 0.3) is 12.2 Å². The van der Waals surface area contributed by atoms with Crippen LogP contribution in [0.5, 0.6) is 0 Å². The molecule has 0 spiro atoms. The van der Waals surface area contributed by atoms with Gasteiger partial charge < -0.3 is 0 Å². The molecule has 232 valence electrons. The average molecular weight is 625 g/mol. The van der Waals surface area contributed by atoms with Gasteiger partial charge in [-0.25, -0.2) is 0 Å². The zero-order valence-corrected chi connectivity index (χ0v) is 23.4. The van der Waals surface area contributed by atoms with E-state index in [1.165, 1.54) is 6.08 Å². The maximum atomic E-state index is 15.7. The Morgan fingerprint density at radius 3 is 1.48 bits per heavy atom. The van der Waals surface area contributed by atoms with E-state index in [2.05, 4.69) is 0 Å². The first-order valence-electron chi connectivity index (χ1n) is 14.0. The normalized spacial score (nSPS) is 25.9. The van der Waals surface area contributed by atoms with E-state index in [1.54, 1.807) is 6.08 Å². The van der Waals surface area contributed by atoms with Crippen molar-refractivity contribution in [2.45, 2.75) is 73.6 Å². The Kier molecular flexibility index (Phi) is 6.56. The minimum absolute atomic E-state index is 0.0294. The molecule has 0 aliphatic heterocycles. The summed E-state index contributed by atoms with van der Waals surface area (Å²) in [5.41, 5.74) is -7.67. The van der Waals surface area contributed by atoms with Gasteiger partial charge in [0.15, 0.2) is 0 Å². The molecule has 4 unspecified atom stereocenters. The summed E-state index contributed by atoms with van der Waals surface area (Å²) in [6, 6.07) is 13.4. The Bertz CT molecular complexity index is 1690. The number of allylic oxidation sites excluding steroid dienone is 2. The maximum Gasteiger partial charge on any atom is 0.454 e. The van der Waals surface area contributed by atoms with E-state index in [0.717, 1.165) is 47.5 Å². The Balaban J connectivity index is 1.54. The van der Waals surface area contributed by atoms with E-state index in [9.17, 15) is 26.3 Å². The number of hydrogen-bond donors (Lipinski definition) is 0. The molecule has 3 aliphatic carbocycles. The van der Waals surface area contributed by atoms with Gasteiger partial charge in [0.2, 0.25) is 0 Å². The average Bonchev–Trinajstić information content (AvgIpc) is 3.56. The lowest BCUT2D eigenvalue weighted by Gasteiger charge is -2.51. The second-order valence-electron chi connectivity index (χ2n) is 12.1. The largest absolute Gasteiger partial charge is 0.454 e. The molecule has 3 aliphatic rings. The minimum Gasteiger partial charge on any atom is -0.195 e. The highest BCUT2D eigenvalue weighted by atomic mass is 19.4. The van der Waals surface area contributed by atoms with Crippen molar-refractivity contribution >= 4 is 12.2 Å². The van der Waals surface area contributed by atoms with E-state index >= 15 is 17.6 Å². The lowest BCUT2D eigenvalue weighted by molar-refractivity contribution is -0.309. The van der Waals surface area contributed by atoms with Gasteiger partial charge >= 0.3 is 24.2 Å². The minimum atomic E-state index is -6.15. The summed E-state index contributed by atoms with van der Waals surface area (Å²) < 4.78 is 147. The summed E-state index contributed by atoms with van der Waals surface area (Å²) >= 11 is 0. The standard InChI is InChI=1S/C34H26F10/c1-29(31(35,36)33(39,40)41)25-9-5-6-10-26(25)30(2,32(37,38)34(42,43)44)28-18-24-21(15-16-22(24)17-27(28)29)14-13-20-12-11-19-7-3-4-8-23(19)20/h3-12,15-18,20-21H,13-14H2,1-2H3. The highest BCUT2D eigenvalue weighted by molar-refractivity contribution is 5.71. The van der Waals surface area contributed by atoms with Gasteiger partial charge in [-0.2, -0.15) is 43.9 Å². The van der Waals surface area contributed by atoms with E-state index in [1.807, 2.05) is 36.4 Å². The molecule has 3 aromatic carbocycles. The first-order chi connectivity index (χ1) is 20.4. The lowest BCUT2D eigenvalue weighted by atomic mass is 9.54. The van der Waals surface area contributed by atoms with E-state index in [0.29, 0.717) is 32.3 Å². The number of benzene rings is 3. The van der Waals surface area contributed by atoms with Crippen LogP contribution in [0.15, 0.2) is 72.8 Å². The first kappa shape index (κ1) is 30.5. The van der Waals surface area contributed by atoms with Crippen LogP contribution in [0.1, 0.15) is 83.0 Å². The number of halogens is 10. The summed E-state index contributed by atoms with van der Waals surface area (Å²) in [6.45, 7) is 1.14. The third-order valence-electron chi connectivity index (χ3n) is 9.87. The van der Waals surface area contributed by atoms with Gasteiger partial charge in [-0.1, -0.05) is 85.0 Å². The van der Waals surface area contributed by atoms with Crippen molar-refractivity contribution in [3.05, 3.63) is 117 Å². The highest BCUT2D eigenvalue weighted by Crippen LogP contribution is 2.65. The number of fused-ring (bicyclic) bond motifs is 4. The van der Waals surface area contributed by atoms with Crippen LogP contribution in [-0.4, -0.2) is 24.2 Å². The molecule has 0 fully saturated rings. The first-order valence-corrected chi connectivity index (χ1v) is 14.0. The fourth-order valence-corrected chi connectivity index (χ4v) is 7.32. The van der Waals surface area contributed by atoms with Crippen LogP contribution in [-0.2, 0) is 10.8 Å². The SMILES string of the molecule is CC1(C(F)(F)C(F)(F)F)c2ccccc2C(C)(C(F)(F)C(F)(F)F)c2cc3c(cc21)C=CC3CCC1C=Cc2ccccc21. The second-order valence-corrected chi connectivity index (χ2v) is 12.1. The van der Waals surface area contributed by atoms with Gasteiger partial charge in [-0.15, -0.1) is 0 Å². The molecule has 0 saturated heterocycles. The fraction of sp³-hybridized carbons (Fsp3) is 0.353. The van der Waals surface area contributed by atoms with Gasteiger partial charge in [0.25, 0.3) is 0 Å². The fourth-order valence-electron chi connectivity index (χ4n) is 7.32. The van der Waals surface area contributed by atoms with Crippen molar-refractivity contribution in [2.75, 3.05) is 0 Å². The third kappa shape index (κ3) is 3.91. The van der Waals surface area contributed by atoms with E-state index < -0.39 is 63.2 Å². The molecule has 0 nitrogen and oxygen atoms in total. The topological polar surface area (TPSA) is 0 Å². The Morgan fingerprint density at radius 1 is 0.523 bits per heavy atom. The zero-order chi connectivity index (χ0) is 32.1. The molecule has 3 aromatic rings. The van der Waals surface area contributed by atoms with Crippen LogP contribution in [0.2, 0.25) is 0 Å². The summed E-state index contributed by atoms with van der Waals surface area (Å²) in [4.78, 5) is 0. The van der Waals surface area contributed by atoms with Crippen molar-refractivity contribution in [3.63, 3.8) is 0 Å². The van der Waals surface area contributed by atoms with Gasteiger partial charge in [-0.3, -0.25) is 0 Å². The number of alkyl halides is 10. The van der Waals surface area contributed by atoms with Crippen LogP contribution in [0, 0.1) is 0 Å². The van der Waals surface area contributed by atoms with Crippen molar-refractivity contribution in [2.24, 2.45) is 0 Å². The van der Waals surface area contributed by atoms with Crippen LogP contribution in [0.4, 0.5) is 43.9 Å². The van der Waals surface area contributed by atoms with E-state index in [4.69, 9.17) is 0 Å². The molecule has 0 heterocycles. The second kappa shape index (κ2) is 9.47. The van der Waals surface area contributed by atoms with Gasteiger partial charge in [0.1, 0.15) is 0 Å². The van der Waals surface area contributed by atoms with E-state index in [-0.39, 0.29) is 11.5 Å². The van der Waals surface area contributed by atoms with Crippen molar-refractivity contribution in [1.82, 2.24) is 0 Å². The molecule has 0 N–H and O–H groups in total. The molecule has 0 saturated carbocycles. The maximum absolute atomic E-state index is 15.7. The predicted molar refractivity (Wildman–Crippen MR) is 147 cm³/mol. The van der Waals surface area contributed by atoms with Crippen LogP contribution < -0.4 is 0 Å². The predicted octanol–water partition coefficient (Wildman–Crippen LogP) is 10.7. The van der Waals surface area contributed by atoms with Crippen LogP contribution in [0.3, 0.4) is 0 Å². The van der Waals surface area contributed by atoms with Gasteiger partial charge in [-0.05, 0) is 71.2 Å². The molecule has 0 bridgehead atoms. The molecule has 4 atom stereocenters. The molecule has 0 aromatic heterocycles. The summed E-state index contributed by atoms with van der Waals surface area (Å²) in [6.07, 6.45) is -4.10. The molecular formula is C34H26F10. The highest BCUT2D eigenvalue weighted by Gasteiger charge is 2.76. The number of rotatable bonds is 5.